The third kappa shape index (κ3) is 10.6. The van der Waals surface area contributed by atoms with Crippen LogP contribution >= 0.6 is 11.8 Å². The van der Waals surface area contributed by atoms with Gasteiger partial charge in [-0.1, -0.05) is 23.0 Å². The Balaban J connectivity index is 0.00000676. The van der Waals surface area contributed by atoms with Gasteiger partial charge in [0, 0.05) is 23.5 Å². The van der Waals surface area contributed by atoms with Gasteiger partial charge in [-0.05, 0) is 11.8 Å². The van der Waals surface area contributed by atoms with E-state index in [-0.39, 0.29) is 69.3 Å². The van der Waals surface area contributed by atoms with Crippen molar-refractivity contribution in [3.63, 3.8) is 0 Å². The van der Waals surface area contributed by atoms with Crippen LogP contribution in [0.1, 0.15) is 12.8 Å². The largest absolute Gasteiger partial charge is 1.00 e. The maximum atomic E-state index is 11.0. The average molecular weight is 474 g/mol. The number of allylic oxidation sites excluding steroid dienone is 1. The number of nitrogens with zero attached hydrogens (tertiary/aromatic N) is 1. The average Bonchev–Trinajstić information content (AvgIpc) is 2.55. The van der Waals surface area contributed by atoms with E-state index in [9.17, 15) is 32.5 Å². The monoisotopic (exact) mass is 473 g/mol. The van der Waals surface area contributed by atoms with Crippen LogP contribution in [0.3, 0.4) is 0 Å². The number of rotatable bonds is 8. The molecule has 1 saturated heterocycles. The molecule has 1 unspecified atom stereocenters. The minimum Gasteiger partial charge on any atom is -0.714 e. The molecule has 0 saturated carbocycles. The number of aliphatic hydroxyl groups excluding tert-OH is 4. The predicted octanol–water partition coefficient (Wildman–Crippen LogP) is -5.01. The molecule has 0 radical (unpaired) electrons. The second-order valence-corrected chi connectivity index (χ2v) is 8.60. The molecule has 4 N–H and O–H groups in total. The van der Waals surface area contributed by atoms with Crippen molar-refractivity contribution in [1.29, 1.82) is 0 Å². The van der Waals surface area contributed by atoms with Crippen molar-refractivity contribution in [3.8, 4) is 0 Å². The van der Waals surface area contributed by atoms with Crippen molar-refractivity contribution in [1.82, 2.24) is 0 Å². The van der Waals surface area contributed by atoms with Gasteiger partial charge in [0.25, 0.3) is 10.4 Å². The number of oxime groups is 1. The van der Waals surface area contributed by atoms with Crippen LogP contribution in [-0.2, 0) is 30.2 Å². The van der Waals surface area contributed by atoms with E-state index in [2.05, 4.69) is 9.44 Å². The molecule has 1 aliphatic rings. The van der Waals surface area contributed by atoms with Crippen LogP contribution in [0.15, 0.2) is 16.6 Å². The first-order valence-electron chi connectivity index (χ1n) is 7.22. The molecule has 6 atom stereocenters. The Morgan fingerprint density at radius 2 is 1.96 bits per heavy atom. The minimum atomic E-state index is -5.10. The summed E-state index contributed by atoms with van der Waals surface area (Å²) in [7, 11) is -6.29. The predicted molar refractivity (Wildman–Crippen MR) is 92.0 cm³/mol. The second kappa shape index (κ2) is 13.4. The van der Waals surface area contributed by atoms with Crippen molar-refractivity contribution in [2.45, 2.75) is 42.7 Å². The van der Waals surface area contributed by atoms with Crippen molar-refractivity contribution < 1.29 is 98.0 Å². The smallest absolute Gasteiger partial charge is 0.714 e. The number of hydrogen-bond donors (Lipinski definition) is 4. The van der Waals surface area contributed by atoms with Gasteiger partial charge in [0.2, 0.25) is 0 Å². The number of thioether (sulfide) groups is 1. The molecule has 0 aliphatic carbocycles. The third-order valence-electron chi connectivity index (χ3n) is 3.14. The first kappa shape index (κ1) is 28.1. The van der Waals surface area contributed by atoms with Gasteiger partial charge in [0.15, 0.2) is 0 Å². The maximum absolute atomic E-state index is 11.0. The van der Waals surface area contributed by atoms with E-state index in [4.69, 9.17) is 9.84 Å². The zero-order chi connectivity index (χ0) is 19.9. The number of ether oxygens (including phenoxy) is 1. The second-order valence-electron chi connectivity index (χ2n) is 5.19. The molecule has 11 nitrogen and oxygen atoms in total. The Labute approximate surface area is 206 Å². The van der Waals surface area contributed by atoms with Gasteiger partial charge in [-0.2, -0.15) is 8.42 Å². The van der Waals surface area contributed by atoms with Crippen LogP contribution < -0.4 is 51.4 Å². The summed E-state index contributed by atoms with van der Waals surface area (Å²) in [6, 6.07) is 0. The SMILES string of the molecule is CS(=O)/C=C/CCC(=NOS(=O)(=O)[O-])S[C@@H]1O[C@H](CO)[C@@H](O)[C@H](O)[C@H]1O.[K+]. The summed E-state index contributed by atoms with van der Waals surface area (Å²) in [6.07, 6.45) is -2.62. The van der Waals surface area contributed by atoms with Gasteiger partial charge in [0.1, 0.15) is 34.9 Å². The van der Waals surface area contributed by atoms with E-state index in [0.717, 1.165) is 0 Å². The summed E-state index contributed by atoms with van der Waals surface area (Å²) in [4.78, 5) is 0. The van der Waals surface area contributed by atoms with Gasteiger partial charge in [-0.3, -0.25) is 8.49 Å². The summed E-state index contributed by atoms with van der Waals surface area (Å²) in [6.45, 7) is -0.634. The zero-order valence-electron chi connectivity index (χ0n) is 14.6. The van der Waals surface area contributed by atoms with Gasteiger partial charge in [-0.15, -0.1) is 0 Å². The van der Waals surface area contributed by atoms with Gasteiger partial charge >= 0.3 is 51.4 Å². The molecule has 0 bridgehead atoms. The quantitative estimate of drug-likeness (QED) is 0.0660. The molecule has 0 aromatic rings. The molecule has 0 spiro atoms. The summed E-state index contributed by atoms with van der Waals surface area (Å²) >= 11 is 0.656. The molecule has 152 valence electrons. The van der Waals surface area contributed by atoms with Crippen molar-refractivity contribution in [3.05, 3.63) is 11.5 Å². The summed E-state index contributed by atoms with van der Waals surface area (Å²) in [5, 5.41) is 43.1. The molecule has 1 aliphatic heterocycles. The summed E-state index contributed by atoms with van der Waals surface area (Å²) in [5.41, 5.74) is -1.22. The van der Waals surface area contributed by atoms with E-state index in [1.54, 1.807) is 0 Å². The molecular formula is C12H20KNO10S3. The molecule has 1 rings (SSSR count). The molecule has 1 heterocycles. The molecule has 0 aromatic carbocycles. The number of hydrogen-bond acceptors (Lipinski definition) is 12. The van der Waals surface area contributed by atoms with E-state index < -0.39 is 57.7 Å². The Morgan fingerprint density at radius 1 is 1.33 bits per heavy atom. The molecule has 0 aromatic heterocycles. The van der Waals surface area contributed by atoms with Gasteiger partial charge in [0.05, 0.1) is 6.61 Å². The summed E-state index contributed by atoms with van der Waals surface area (Å²) in [5.74, 6) is 0. The maximum Gasteiger partial charge on any atom is 1.00 e. The van der Waals surface area contributed by atoms with E-state index in [1.165, 1.54) is 17.7 Å². The Kier molecular flexibility index (Phi) is 13.9. The topological polar surface area (TPSA) is 186 Å². The third-order valence-corrected chi connectivity index (χ3v) is 5.15. The summed E-state index contributed by atoms with van der Waals surface area (Å²) < 4.78 is 51.8. The normalized spacial score (nSPS) is 30.7. The van der Waals surface area contributed by atoms with Crippen molar-refractivity contribution in [2.24, 2.45) is 5.16 Å². The number of aliphatic hydroxyl groups is 4. The van der Waals surface area contributed by atoms with Crippen LogP contribution in [0.2, 0.25) is 0 Å². The van der Waals surface area contributed by atoms with Crippen LogP contribution in [0.4, 0.5) is 0 Å². The fourth-order valence-electron chi connectivity index (χ4n) is 1.92. The van der Waals surface area contributed by atoms with Crippen molar-refractivity contribution in [2.75, 3.05) is 12.9 Å². The van der Waals surface area contributed by atoms with Gasteiger partial charge in [-0.25, -0.2) is 0 Å². The van der Waals surface area contributed by atoms with E-state index in [1.807, 2.05) is 0 Å². The fraction of sp³-hybridized carbons (Fsp3) is 0.750. The molecule has 1 fully saturated rings. The van der Waals surface area contributed by atoms with Crippen molar-refractivity contribution >= 4 is 38.0 Å². The minimum absolute atomic E-state index is 0. The van der Waals surface area contributed by atoms with Crippen LogP contribution in [0.25, 0.3) is 0 Å². The molecular weight excluding hydrogens is 453 g/mol. The first-order valence-corrected chi connectivity index (χ1v) is 11.1. The van der Waals surface area contributed by atoms with E-state index >= 15 is 0 Å². The fourth-order valence-corrected chi connectivity index (χ4v) is 3.64. The Hall–Kier alpha value is 1.06. The molecule has 0 amide bonds. The molecule has 15 heteroatoms. The van der Waals surface area contributed by atoms with Crippen LogP contribution in [0, 0.1) is 0 Å². The Morgan fingerprint density at radius 3 is 2.48 bits per heavy atom. The zero-order valence-corrected chi connectivity index (χ0v) is 20.1. The van der Waals surface area contributed by atoms with Crippen LogP contribution in [0.5, 0.6) is 0 Å². The van der Waals surface area contributed by atoms with Crippen LogP contribution in [-0.4, -0.2) is 85.4 Å². The first-order chi connectivity index (χ1) is 12.0. The van der Waals surface area contributed by atoms with Gasteiger partial charge < -0.3 is 29.7 Å². The molecule has 27 heavy (non-hydrogen) atoms. The Bertz CT molecular complexity index is 641. The standard InChI is InChI=1S/C12H21NO10S3.K/c1-25(18)5-3-2-4-8(13-23-26(19,20)21)24-12-11(17)10(16)9(15)7(6-14)22-12;/h3,5,7,9-12,14-17H,2,4,6H2,1H3,(H,19,20,21);/q;+1/p-1/b5-3+,13-8?;/t7-,9-,10+,11-,12+,25?;/m1./s1. The van der Waals surface area contributed by atoms with E-state index in [0.29, 0.717) is 11.8 Å².